The molecular weight excluding hydrogens is 136 g/mol. The third-order valence-electron chi connectivity index (χ3n) is 2.26. The molecule has 0 aromatic heterocycles. The van der Waals surface area contributed by atoms with Crippen LogP contribution in [0.3, 0.4) is 0 Å². The first-order valence-electron chi connectivity index (χ1n) is 4.70. The summed E-state index contributed by atoms with van der Waals surface area (Å²) in [5.41, 5.74) is -0.422. The maximum absolute atomic E-state index is 9.64. The zero-order chi connectivity index (χ0) is 8.91. The molecule has 0 aromatic carbocycles. The van der Waals surface area contributed by atoms with Crippen LogP contribution in [0.1, 0.15) is 53.4 Å². The van der Waals surface area contributed by atoms with Crippen LogP contribution < -0.4 is 0 Å². The molecule has 0 spiro atoms. The lowest BCUT2D eigenvalue weighted by atomic mass is 9.94. The Morgan fingerprint density at radius 1 is 1.36 bits per heavy atom. The summed E-state index contributed by atoms with van der Waals surface area (Å²) in [7, 11) is 0. The summed E-state index contributed by atoms with van der Waals surface area (Å²) >= 11 is 0. The summed E-state index contributed by atoms with van der Waals surface area (Å²) in [6.07, 6.45) is 4.20. The molecule has 0 saturated carbocycles. The van der Waals surface area contributed by atoms with Gasteiger partial charge in [-0.1, -0.05) is 33.6 Å². The Balaban J connectivity index is 3.38. The Hall–Kier alpha value is -0.0400. The summed E-state index contributed by atoms with van der Waals surface area (Å²) in [6, 6.07) is 0. The lowest BCUT2D eigenvalue weighted by Crippen LogP contribution is -2.22. The van der Waals surface area contributed by atoms with Crippen molar-refractivity contribution in [3.8, 4) is 0 Å². The van der Waals surface area contributed by atoms with Gasteiger partial charge in [-0.15, -0.1) is 0 Å². The van der Waals surface area contributed by atoms with Crippen molar-refractivity contribution >= 4 is 0 Å². The Bertz CT molecular complexity index is 95.0. The first-order valence-corrected chi connectivity index (χ1v) is 4.70. The SMILES string of the molecule is CC[C@](C)(O)CCCC(C)C. The minimum Gasteiger partial charge on any atom is -0.390 e. The van der Waals surface area contributed by atoms with Gasteiger partial charge in [-0.3, -0.25) is 0 Å². The van der Waals surface area contributed by atoms with Crippen molar-refractivity contribution in [1.29, 1.82) is 0 Å². The van der Waals surface area contributed by atoms with Crippen molar-refractivity contribution < 1.29 is 5.11 Å². The Morgan fingerprint density at radius 2 is 1.91 bits per heavy atom. The maximum atomic E-state index is 9.64. The van der Waals surface area contributed by atoms with E-state index in [0.717, 1.165) is 25.2 Å². The van der Waals surface area contributed by atoms with Gasteiger partial charge in [0.15, 0.2) is 0 Å². The standard InChI is InChI=1S/C10H22O/c1-5-10(4,11)8-6-7-9(2)3/h9,11H,5-8H2,1-4H3/t10-/m0/s1. The van der Waals surface area contributed by atoms with E-state index in [0.29, 0.717) is 0 Å². The fraction of sp³-hybridized carbons (Fsp3) is 1.00. The third kappa shape index (κ3) is 6.36. The van der Waals surface area contributed by atoms with Crippen LogP contribution in [0.4, 0.5) is 0 Å². The smallest absolute Gasteiger partial charge is 0.0617 e. The molecule has 0 saturated heterocycles. The Kier molecular flexibility index (Phi) is 4.74. The summed E-state index contributed by atoms with van der Waals surface area (Å²) < 4.78 is 0. The molecule has 1 nitrogen and oxygen atoms in total. The van der Waals surface area contributed by atoms with Gasteiger partial charge in [0.25, 0.3) is 0 Å². The highest BCUT2D eigenvalue weighted by molar-refractivity contribution is 4.69. The van der Waals surface area contributed by atoms with E-state index in [4.69, 9.17) is 0 Å². The highest BCUT2D eigenvalue weighted by Crippen LogP contribution is 2.18. The normalized spacial score (nSPS) is 16.9. The maximum Gasteiger partial charge on any atom is 0.0617 e. The molecule has 0 unspecified atom stereocenters. The van der Waals surface area contributed by atoms with Crippen molar-refractivity contribution in [2.24, 2.45) is 5.92 Å². The molecule has 0 aliphatic heterocycles. The van der Waals surface area contributed by atoms with E-state index in [2.05, 4.69) is 13.8 Å². The largest absolute Gasteiger partial charge is 0.390 e. The van der Waals surface area contributed by atoms with Crippen molar-refractivity contribution in [3.05, 3.63) is 0 Å². The van der Waals surface area contributed by atoms with Crippen LogP contribution in [0, 0.1) is 5.92 Å². The first kappa shape index (κ1) is 11.0. The predicted octanol–water partition coefficient (Wildman–Crippen LogP) is 2.97. The van der Waals surface area contributed by atoms with Crippen LogP contribution in [0.5, 0.6) is 0 Å². The zero-order valence-electron chi connectivity index (χ0n) is 8.35. The van der Waals surface area contributed by atoms with E-state index >= 15 is 0 Å². The molecule has 11 heavy (non-hydrogen) atoms. The van der Waals surface area contributed by atoms with Gasteiger partial charge in [-0.05, 0) is 25.7 Å². The van der Waals surface area contributed by atoms with Gasteiger partial charge in [-0.25, -0.2) is 0 Å². The van der Waals surface area contributed by atoms with Crippen molar-refractivity contribution in [1.82, 2.24) is 0 Å². The average Bonchev–Trinajstić information content (AvgIpc) is 1.87. The van der Waals surface area contributed by atoms with E-state index in [1.165, 1.54) is 6.42 Å². The average molecular weight is 158 g/mol. The summed E-state index contributed by atoms with van der Waals surface area (Å²) in [4.78, 5) is 0. The van der Waals surface area contributed by atoms with Gasteiger partial charge in [0.1, 0.15) is 0 Å². The van der Waals surface area contributed by atoms with Crippen LogP contribution in [0.15, 0.2) is 0 Å². The van der Waals surface area contributed by atoms with Gasteiger partial charge in [0, 0.05) is 0 Å². The topological polar surface area (TPSA) is 20.2 Å². The van der Waals surface area contributed by atoms with Crippen molar-refractivity contribution in [2.75, 3.05) is 0 Å². The lowest BCUT2D eigenvalue weighted by Gasteiger charge is -2.21. The molecule has 0 heterocycles. The Morgan fingerprint density at radius 3 is 2.27 bits per heavy atom. The molecule has 1 heteroatoms. The predicted molar refractivity (Wildman–Crippen MR) is 49.6 cm³/mol. The second-order valence-corrected chi connectivity index (χ2v) is 4.14. The highest BCUT2D eigenvalue weighted by atomic mass is 16.3. The van der Waals surface area contributed by atoms with E-state index in [1.807, 2.05) is 13.8 Å². The van der Waals surface area contributed by atoms with Gasteiger partial charge >= 0.3 is 0 Å². The van der Waals surface area contributed by atoms with Crippen molar-refractivity contribution in [3.63, 3.8) is 0 Å². The Labute approximate surface area is 70.8 Å². The van der Waals surface area contributed by atoms with Gasteiger partial charge in [0.05, 0.1) is 5.60 Å². The van der Waals surface area contributed by atoms with Crippen LogP contribution in [0.2, 0.25) is 0 Å². The molecule has 0 rings (SSSR count). The molecule has 0 aliphatic rings. The van der Waals surface area contributed by atoms with E-state index in [1.54, 1.807) is 0 Å². The molecule has 0 aromatic rings. The number of hydrogen-bond acceptors (Lipinski definition) is 1. The van der Waals surface area contributed by atoms with Crippen LogP contribution in [-0.2, 0) is 0 Å². The minimum atomic E-state index is -0.422. The number of aliphatic hydroxyl groups is 1. The van der Waals surface area contributed by atoms with E-state index in [-0.39, 0.29) is 0 Å². The lowest BCUT2D eigenvalue weighted by molar-refractivity contribution is 0.0435. The van der Waals surface area contributed by atoms with Gasteiger partial charge < -0.3 is 5.11 Å². The first-order chi connectivity index (χ1) is 4.98. The van der Waals surface area contributed by atoms with E-state index in [9.17, 15) is 5.11 Å². The monoisotopic (exact) mass is 158 g/mol. The van der Waals surface area contributed by atoms with Crippen molar-refractivity contribution in [2.45, 2.75) is 59.0 Å². The van der Waals surface area contributed by atoms with Crippen LogP contribution in [0.25, 0.3) is 0 Å². The minimum absolute atomic E-state index is 0.422. The van der Waals surface area contributed by atoms with Gasteiger partial charge in [0.2, 0.25) is 0 Å². The molecule has 0 bridgehead atoms. The summed E-state index contributed by atoms with van der Waals surface area (Å²) in [6.45, 7) is 8.41. The second-order valence-electron chi connectivity index (χ2n) is 4.14. The summed E-state index contributed by atoms with van der Waals surface area (Å²) in [5.74, 6) is 0.766. The molecule has 68 valence electrons. The van der Waals surface area contributed by atoms with E-state index < -0.39 is 5.60 Å². The molecule has 0 fully saturated rings. The third-order valence-corrected chi connectivity index (χ3v) is 2.26. The van der Waals surface area contributed by atoms with Crippen LogP contribution >= 0.6 is 0 Å². The highest BCUT2D eigenvalue weighted by Gasteiger charge is 2.16. The molecular formula is C10H22O. The fourth-order valence-corrected chi connectivity index (χ4v) is 1.07. The van der Waals surface area contributed by atoms with Crippen LogP contribution in [-0.4, -0.2) is 10.7 Å². The number of hydrogen-bond donors (Lipinski definition) is 1. The molecule has 0 amide bonds. The molecule has 0 aliphatic carbocycles. The summed E-state index contributed by atoms with van der Waals surface area (Å²) in [5, 5.41) is 9.64. The second kappa shape index (κ2) is 4.76. The fourth-order valence-electron chi connectivity index (χ4n) is 1.07. The molecule has 1 atom stereocenters. The quantitative estimate of drug-likeness (QED) is 0.652. The zero-order valence-corrected chi connectivity index (χ0v) is 8.35. The molecule has 0 radical (unpaired) electrons. The number of rotatable bonds is 5. The van der Waals surface area contributed by atoms with Gasteiger partial charge in [-0.2, -0.15) is 0 Å². The molecule has 1 N–H and O–H groups in total.